The van der Waals surface area contributed by atoms with E-state index < -0.39 is 0 Å². The SMILES string of the molecule is CC(C)NCCCOC(C)C(=O)N(C)C. The molecule has 0 aliphatic rings. The zero-order valence-electron chi connectivity index (χ0n) is 10.5. The summed E-state index contributed by atoms with van der Waals surface area (Å²) in [5.41, 5.74) is 0. The van der Waals surface area contributed by atoms with Gasteiger partial charge >= 0.3 is 0 Å². The van der Waals surface area contributed by atoms with Crippen molar-refractivity contribution in [2.24, 2.45) is 0 Å². The van der Waals surface area contributed by atoms with Gasteiger partial charge in [0.2, 0.25) is 0 Å². The maximum Gasteiger partial charge on any atom is 0.250 e. The van der Waals surface area contributed by atoms with Crippen molar-refractivity contribution in [3.05, 3.63) is 0 Å². The summed E-state index contributed by atoms with van der Waals surface area (Å²) in [6.45, 7) is 7.57. The first-order chi connectivity index (χ1) is 6.95. The number of rotatable bonds is 7. The highest BCUT2D eigenvalue weighted by atomic mass is 16.5. The Morgan fingerprint density at radius 1 is 1.33 bits per heavy atom. The molecule has 0 aromatic carbocycles. The van der Waals surface area contributed by atoms with E-state index in [0.29, 0.717) is 12.6 Å². The fourth-order valence-corrected chi connectivity index (χ4v) is 1.16. The Morgan fingerprint density at radius 3 is 2.40 bits per heavy atom. The van der Waals surface area contributed by atoms with Crippen molar-refractivity contribution in [3.8, 4) is 0 Å². The molecule has 0 heterocycles. The summed E-state index contributed by atoms with van der Waals surface area (Å²) in [7, 11) is 3.48. The largest absolute Gasteiger partial charge is 0.369 e. The Kier molecular flexibility index (Phi) is 7.34. The third-order valence-electron chi connectivity index (χ3n) is 2.03. The molecule has 1 atom stereocenters. The number of ether oxygens (including phenoxy) is 1. The van der Waals surface area contributed by atoms with Gasteiger partial charge in [-0.25, -0.2) is 0 Å². The molecule has 0 aromatic heterocycles. The van der Waals surface area contributed by atoms with E-state index in [-0.39, 0.29) is 12.0 Å². The molecule has 0 fully saturated rings. The van der Waals surface area contributed by atoms with Gasteiger partial charge in [-0.05, 0) is 19.9 Å². The number of hydrogen-bond donors (Lipinski definition) is 1. The molecule has 0 aromatic rings. The molecule has 1 unspecified atom stereocenters. The lowest BCUT2D eigenvalue weighted by Gasteiger charge is -2.17. The molecule has 0 rings (SSSR count). The van der Waals surface area contributed by atoms with Gasteiger partial charge < -0.3 is 15.0 Å². The van der Waals surface area contributed by atoms with E-state index in [0.717, 1.165) is 13.0 Å². The Hall–Kier alpha value is -0.610. The third-order valence-corrected chi connectivity index (χ3v) is 2.03. The molecule has 1 N–H and O–H groups in total. The number of hydrogen-bond acceptors (Lipinski definition) is 3. The molecule has 0 saturated carbocycles. The number of nitrogens with one attached hydrogen (secondary N) is 1. The van der Waals surface area contributed by atoms with Gasteiger partial charge in [-0.3, -0.25) is 4.79 Å². The first kappa shape index (κ1) is 14.4. The highest BCUT2D eigenvalue weighted by molar-refractivity contribution is 5.79. The van der Waals surface area contributed by atoms with Crippen LogP contribution in [0.1, 0.15) is 27.2 Å². The van der Waals surface area contributed by atoms with Crippen LogP contribution in [0, 0.1) is 0 Å². The van der Waals surface area contributed by atoms with Crippen LogP contribution in [0.4, 0.5) is 0 Å². The van der Waals surface area contributed by atoms with Crippen LogP contribution in [-0.2, 0) is 9.53 Å². The Balaban J connectivity index is 3.47. The van der Waals surface area contributed by atoms with E-state index in [1.165, 1.54) is 0 Å². The van der Waals surface area contributed by atoms with Crippen LogP contribution in [0.25, 0.3) is 0 Å². The Labute approximate surface area is 93.0 Å². The smallest absolute Gasteiger partial charge is 0.250 e. The second-order valence-electron chi connectivity index (χ2n) is 4.21. The normalized spacial score (nSPS) is 12.9. The van der Waals surface area contributed by atoms with E-state index in [2.05, 4.69) is 19.2 Å². The Morgan fingerprint density at radius 2 is 1.93 bits per heavy atom. The summed E-state index contributed by atoms with van der Waals surface area (Å²) in [6, 6.07) is 0.505. The predicted molar refractivity (Wildman–Crippen MR) is 61.9 cm³/mol. The minimum absolute atomic E-state index is 0.0202. The number of carbonyl (C=O) groups excluding carboxylic acids is 1. The van der Waals surface area contributed by atoms with Crippen molar-refractivity contribution in [1.82, 2.24) is 10.2 Å². The van der Waals surface area contributed by atoms with Gasteiger partial charge in [0.25, 0.3) is 5.91 Å². The van der Waals surface area contributed by atoms with Gasteiger partial charge in [-0.2, -0.15) is 0 Å². The predicted octanol–water partition coefficient (Wildman–Crippen LogP) is 0.868. The third kappa shape index (κ3) is 7.33. The van der Waals surface area contributed by atoms with E-state index in [4.69, 9.17) is 4.74 Å². The molecule has 4 heteroatoms. The summed E-state index contributed by atoms with van der Waals surface area (Å²) in [4.78, 5) is 13.0. The molecule has 0 aliphatic carbocycles. The molecule has 4 nitrogen and oxygen atoms in total. The van der Waals surface area contributed by atoms with Gasteiger partial charge in [0, 0.05) is 26.7 Å². The lowest BCUT2D eigenvalue weighted by Crippen LogP contribution is -2.34. The van der Waals surface area contributed by atoms with Gasteiger partial charge in [0.05, 0.1) is 0 Å². The second-order valence-corrected chi connectivity index (χ2v) is 4.21. The van der Waals surface area contributed by atoms with Crippen molar-refractivity contribution in [2.45, 2.75) is 39.3 Å². The maximum atomic E-state index is 11.4. The summed E-state index contributed by atoms with van der Waals surface area (Å²) in [5, 5.41) is 3.30. The molecule has 15 heavy (non-hydrogen) atoms. The van der Waals surface area contributed by atoms with Gasteiger partial charge in [-0.1, -0.05) is 13.8 Å². The lowest BCUT2D eigenvalue weighted by atomic mass is 10.3. The fourth-order valence-electron chi connectivity index (χ4n) is 1.16. The van der Waals surface area contributed by atoms with Crippen LogP contribution in [0.15, 0.2) is 0 Å². The highest BCUT2D eigenvalue weighted by Crippen LogP contribution is 1.96. The minimum atomic E-state index is -0.334. The lowest BCUT2D eigenvalue weighted by molar-refractivity contribution is -0.140. The monoisotopic (exact) mass is 216 g/mol. The zero-order valence-corrected chi connectivity index (χ0v) is 10.5. The number of nitrogens with zero attached hydrogens (tertiary/aromatic N) is 1. The summed E-state index contributed by atoms with van der Waals surface area (Å²) >= 11 is 0. The topological polar surface area (TPSA) is 41.6 Å². The van der Waals surface area contributed by atoms with Crippen LogP contribution in [0.5, 0.6) is 0 Å². The van der Waals surface area contributed by atoms with Gasteiger partial charge in [0.1, 0.15) is 6.10 Å². The molecule has 0 saturated heterocycles. The maximum absolute atomic E-state index is 11.4. The first-order valence-electron chi connectivity index (χ1n) is 5.51. The first-order valence-corrected chi connectivity index (χ1v) is 5.51. The number of amides is 1. The van der Waals surface area contributed by atoms with E-state index >= 15 is 0 Å². The quantitative estimate of drug-likeness (QED) is 0.642. The molecule has 1 amide bonds. The van der Waals surface area contributed by atoms with Crippen LogP contribution in [0.2, 0.25) is 0 Å². The number of likely N-dealkylation sites (N-methyl/N-ethyl adjacent to an activating group) is 1. The van der Waals surface area contributed by atoms with Crippen LogP contribution >= 0.6 is 0 Å². The van der Waals surface area contributed by atoms with Gasteiger partial charge in [0.15, 0.2) is 0 Å². The molecule has 0 bridgehead atoms. The number of carbonyl (C=O) groups is 1. The van der Waals surface area contributed by atoms with Crippen LogP contribution in [0.3, 0.4) is 0 Å². The summed E-state index contributed by atoms with van der Waals surface area (Å²) in [6.07, 6.45) is 0.600. The fraction of sp³-hybridized carbons (Fsp3) is 0.909. The van der Waals surface area contributed by atoms with Crippen molar-refractivity contribution in [1.29, 1.82) is 0 Å². The Bertz CT molecular complexity index is 181. The molecular weight excluding hydrogens is 192 g/mol. The standard InChI is InChI=1S/C11H24N2O2/c1-9(2)12-7-6-8-15-10(3)11(14)13(4)5/h9-10,12H,6-8H2,1-5H3. The average Bonchev–Trinajstić information content (AvgIpc) is 2.15. The van der Waals surface area contributed by atoms with E-state index in [1.54, 1.807) is 25.9 Å². The molecule has 0 radical (unpaired) electrons. The zero-order chi connectivity index (χ0) is 11.8. The van der Waals surface area contributed by atoms with E-state index in [1.807, 2.05) is 0 Å². The summed E-state index contributed by atoms with van der Waals surface area (Å²) < 4.78 is 5.42. The van der Waals surface area contributed by atoms with Crippen molar-refractivity contribution in [2.75, 3.05) is 27.2 Å². The molecule has 0 aliphatic heterocycles. The molecular formula is C11H24N2O2. The average molecular weight is 216 g/mol. The minimum Gasteiger partial charge on any atom is -0.369 e. The van der Waals surface area contributed by atoms with Crippen LogP contribution < -0.4 is 5.32 Å². The summed E-state index contributed by atoms with van der Waals surface area (Å²) in [5.74, 6) is 0.0202. The molecule has 90 valence electrons. The highest BCUT2D eigenvalue weighted by Gasteiger charge is 2.14. The van der Waals surface area contributed by atoms with Crippen LogP contribution in [-0.4, -0.2) is 50.2 Å². The van der Waals surface area contributed by atoms with Crippen molar-refractivity contribution < 1.29 is 9.53 Å². The molecule has 0 spiro atoms. The van der Waals surface area contributed by atoms with Gasteiger partial charge in [-0.15, -0.1) is 0 Å². The van der Waals surface area contributed by atoms with Crippen molar-refractivity contribution in [3.63, 3.8) is 0 Å². The second kappa shape index (κ2) is 7.65. The van der Waals surface area contributed by atoms with Crippen molar-refractivity contribution >= 4 is 5.91 Å². The van der Waals surface area contributed by atoms with E-state index in [9.17, 15) is 4.79 Å².